The Kier molecular flexibility index (Phi) is 3.08. The van der Waals surface area contributed by atoms with Gasteiger partial charge in [-0.25, -0.2) is 9.07 Å². The Balaban J connectivity index is 2.53. The maximum atomic E-state index is 13.6. The summed E-state index contributed by atoms with van der Waals surface area (Å²) >= 11 is 0. The standard InChI is InChI=1S/C10H5F4N3O3/c11-7-1-6(10(12,13)14)9(18)2-8(7)16-4-5(3-15-16)17(19)20/h1-4,18H. The Labute approximate surface area is 108 Å². The van der Waals surface area contributed by atoms with Crippen LogP contribution in [0.4, 0.5) is 23.2 Å². The lowest BCUT2D eigenvalue weighted by Gasteiger charge is -2.11. The summed E-state index contributed by atoms with van der Waals surface area (Å²) in [7, 11) is 0. The lowest BCUT2D eigenvalue weighted by molar-refractivity contribution is -0.384. The maximum Gasteiger partial charge on any atom is 0.420 e. The zero-order chi connectivity index (χ0) is 15.1. The van der Waals surface area contributed by atoms with Crippen LogP contribution in [0, 0.1) is 15.9 Å². The number of alkyl halides is 3. The van der Waals surface area contributed by atoms with Crippen LogP contribution in [0.25, 0.3) is 5.69 Å². The van der Waals surface area contributed by atoms with Crippen molar-refractivity contribution in [2.45, 2.75) is 6.18 Å². The number of aromatic hydroxyl groups is 1. The van der Waals surface area contributed by atoms with Crippen molar-refractivity contribution in [3.63, 3.8) is 0 Å². The summed E-state index contributed by atoms with van der Waals surface area (Å²) in [4.78, 5) is 9.64. The molecular weight excluding hydrogens is 286 g/mol. The van der Waals surface area contributed by atoms with E-state index in [0.29, 0.717) is 10.7 Å². The molecule has 106 valence electrons. The third-order valence-electron chi connectivity index (χ3n) is 2.40. The maximum absolute atomic E-state index is 13.6. The number of benzene rings is 1. The minimum atomic E-state index is -4.92. The van der Waals surface area contributed by atoms with Gasteiger partial charge in [0.05, 0.1) is 4.92 Å². The van der Waals surface area contributed by atoms with Gasteiger partial charge in [-0.05, 0) is 6.07 Å². The van der Waals surface area contributed by atoms with Crippen molar-refractivity contribution >= 4 is 5.69 Å². The van der Waals surface area contributed by atoms with Gasteiger partial charge in [-0.3, -0.25) is 10.1 Å². The molecule has 0 spiro atoms. The van der Waals surface area contributed by atoms with E-state index in [1.165, 1.54) is 0 Å². The van der Waals surface area contributed by atoms with Crippen molar-refractivity contribution in [2.75, 3.05) is 0 Å². The Bertz CT molecular complexity index is 681. The highest BCUT2D eigenvalue weighted by molar-refractivity contribution is 5.47. The molecule has 0 amide bonds. The molecule has 0 atom stereocenters. The first-order valence-electron chi connectivity index (χ1n) is 4.99. The van der Waals surface area contributed by atoms with Gasteiger partial charge in [0, 0.05) is 6.07 Å². The number of aromatic nitrogens is 2. The van der Waals surface area contributed by atoms with Crippen LogP contribution in [-0.4, -0.2) is 19.8 Å². The fraction of sp³-hybridized carbons (Fsp3) is 0.100. The Morgan fingerprint density at radius 1 is 1.35 bits per heavy atom. The van der Waals surface area contributed by atoms with Gasteiger partial charge in [0.2, 0.25) is 0 Å². The number of nitro groups is 1. The van der Waals surface area contributed by atoms with E-state index in [1.807, 2.05) is 0 Å². The highest BCUT2D eigenvalue weighted by Gasteiger charge is 2.35. The molecule has 1 heterocycles. The molecule has 6 nitrogen and oxygen atoms in total. The smallest absolute Gasteiger partial charge is 0.420 e. The molecule has 10 heteroatoms. The molecule has 0 saturated carbocycles. The first-order valence-corrected chi connectivity index (χ1v) is 4.99. The summed E-state index contributed by atoms with van der Waals surface area (Å²) in [5, 5.41) is 23.2. The SMILES string of the molecule is O=[N+]([O-])c1cnn(-c2cc(O)c(C(F)(F)F)cc2F)c1. The summed E-state index contributed by atoms with van der Waals surface area (Å²) in [6, 6.07) is 0.590. The van der Waals surface area contributed by atoms with E-state index < -0.39 is 39.6 Å². The monoisotopic (exact) mass is 291 g/mol. The largest absolute Gasteiger partial charge is 0.507 e. The molecule has 0 saturated heterocycles. The Morgan fingerprint density at radius 2 is 2.00 bits per heavy atom. The number of hydrogen-bond acceptors (Lipinski definition) is 4. The quantitative estimate of drug-likeness (QED) is 0.524. The molecule has 0 unspecified atom stereocenters. The molecule has 1 aromatic heterocycles. The zero-order valence-electron chi connectivity index (χ0n) is 9.43. The highest BCUT2D eigenvalue weighted by Crippen LogP contribution is 2.37. The highest BCUT2D eigenvalue weighted by atomic mass is 19.4. The number of nitrogens with zero attached hydrogens (tertiary/aromatic N) is 3. The van der Waals surface area contributed by atoms with Crippen LogP contribution < -0.4 is 0 Å². The van der Waals surface area contributed by atoms with Crippen LogP contribution in [0.1, 0.15) is 5.56 Å². The molecule has 0 fully saturated rings. The predicted molar refractivity (Wildman–Crippen MR) is 56.8 cm³/mol. The minimum Gasteiger partial charge on any atom is -0.507 e. The van der Waals surface area contributed by atoms with Crippen LogP contribution in [0.5, 0.6) is 5.75 Å². The number of phenols is 1. The Morgan fingerprint density at radius 3 is 2.50 bits per heavy atom. The van der Waals surface area contributed by atoms with Gasteiger partial charge >= 0.3 is 11.9 Å². The molecule has 0 aliphatic carbocycles. The molecular formula is C10H5F4N3O3. The van der Waals surface area contributed by atoms with Gasteiger partial charge < -0.3 is 5.11 Å². The third kappa shape index (κ3) is 2.39. The van der Waals surface area contributed by atoms with Crippen molar-refractivity contribution < 1.29 is 27.6 Å². The number of halogens is 4. The molecule has 0 aliphatic heterocycles. The summed E-state index contributed by atoms with van der Waals surface area (Å²) < 4.78 is 51.6. The predicted octanol–water partition coefficient (Wildman–Crippen LogP) is 2.64. The van der Waals surface area contributed by atoms with Gasteiger partial charge in [-0.1, -0.05) is 0 Å². The van der Waals surface area contributed by atoms with Gasteiger partial charge in [-0.2, -0.15) is 18.3 Å². The van der Waals surface area contributed by atoms with Crippen LogP contribution in [0.15, 0.2) is 24.5 Å². The molecule has 20 heavy (non-hydrogen) atoms. The van der Waals surface area contributed by atoms with Crippen molar-refractivity contribution in [2.24, 2.45) is 0 Å². The molecule has 0 radical (unpaired) electrons. The lowest BCUT2D eigenvalue weighted by atomic mass is 10.1. The fourth-order valence-electron chi connectivity index (χ4n) is 1.49. The van der Waals surface area contributed by atoms with E-state index in [1.54, 1.807) is 0 Å². The van der Waals surface area contributed by atoms with Gasteiger partial charge in [0.1, 0.15) is 35.2 Å². The number of phenolic OH excluding ortho intramolecular Hbond substituents is 1. The first-order chi connectivity index (χ1) is 9.20. The topological polar surface area (TPSA) is 81.2 Å². The van der Waals surface area contributed by atoms with Crippen molar-refractivity contribution in [1.29, 1.82) is 0 Å². The van der Waals surface area contributed by atoms with Gasteiger partial charge in [0.15, 0.2) is 0 Å². The summed E-state index contributed by atoms with van der Waals surface area (Å²) in [6.45, 7) is 0. The number of hydrogen-bond donors (Lipinski definition) is 1. The molecule has 2 aromatic rings. The van der Waals surface area contributed by atoms with Gasteiger partial charge in [-0.15, -0.1) is 0 Å². The lowest BCUT2D eigenvalue weighted by Crippen LogP contribution is -2.08. The molecule has 0 aliphatic rings. The molecule has 1 aromatic carbocycles. The fourth-order valence-corrected chi connectivity index (χ4v) is 1.49. The third-order valence-corrected chi connectivity index (χ3v) is 2.40. The van der Waals surface area contributed by atoms with Crippen LogP contribution in [-0.2, 0) is 6.18 Å². The average Bonchev–Trinajstić information content (AvgIpc) is 2.79. The van der Waals surface area contributed by atoms with E-state index >= 15 is 0 Å². The molecule has 1 N–H and O–H groups in total. The Hall–Kier alpha value is -2.65. The summed E-state index contributed by atoms with van der Waals surface area (Å²) in [6.07, 6.45) is -3.31. The second kappa shape index (κ2) is 4.47. The molecule has 0 bridgehead atoms. The van der Waals surface area contributed by atoms with Crippen LogP contribution in [0.3, 0.4) is 0 Å². The van der Waals surface area contributed by atoms with Crippen LogP contribution in [0.2, 0.25) is 0 Å². The van der Waals surface area contributed by atoms with E-state index in [-0.39, 0.29) is 6.07 Å². The van der Waals surface area contributed by atoms with E-state index in [4.69, 9.17) is 0 Å². The normalized spacial score (nSPS) is 11.6. The minimum absolute atomic E-state index is 0.0954. The molecule has 2 rings (SSSR count). The van der Waals surface area contributed by atoms with E-state index in [2.05, 4.69) is 5.10 Å². The van der Waals surface area contributed by atoms with E-state index in [9.17, 15) is 32.8 Å². The summed E-state index contributed by atoms with van der Waals surface area (Å²) in [5.74, 6) is -2.53. The van der Waals surface area contributed by atoms with Crippen molar-refractivity contribution in [1.82, 2.24) is 9.78 Å². The first kappa shape index (κ1) is 13.8. The van der Waals surface area contributed by atoms with Gasteiger partial charge in [0.25, 0.3) is 0 Å². The summed E-state index contributed by atoms with van der Waals surface area (Å²) in [5.41, 5.74) is -2.55. The second-order valence-electron chi connectivity index (χ2n) is 3.72. The second-order valence-corrected chi connectivity index (χ2v) is 3.72. The zero-order valence-corrected chi connectivity index (χ0v) is 9.43. The van der Waals surface area contributed by atoms with E-state index in [0.717, 1.165) is 12.4 Å². The number of rotatable bonds is 2. The van der Waals surface area contributed by atoms with Crippen molar-refractivity contribution in [3.8, 4) is 11.4 Å². The average molecular weight is 291 g/mol. The van der Waals surface area contributed by atoms with Crippen molar-refractivity contribution in [3.05, 3.63) is 46.0 Å². The van der Waals surface area contributed by atoms with Crippen LogP contribution >= 0.6 is 0 Å².